The number of anilines is 2. The van der Waals surface area contributed by atoms with Crippen LogP contribution in [-0.4, -0.2) is 89.9 Å². The first kappa shape index (κ1) is 28.1. The molecule has 4 aromatic heterocycles. The lowest BCUT2D eigenvalue weighted by molar-refractivity contribution is 0.0934. The summed E-state index contributed by atoms with van der Waals surface area (Å²) in [4.78, 5) is 40.9. The number of hydrogen-bond acceptors (Lipinski definition) is 11. The van der Waals surface area contributed by atoms with Crippen LogP contribution in [0, 0.1) is 0 Å². The number of benzene rings is 1. The molecule has 0 bridgehead atoms. The van der Waals surface area contributed by atoms with Gasteiger partial charge in [-0.1, -0.05) is 12.1 Å². The molecule has 1 aliphatic heterocycles. The predicted molar refractivity (Wildman–Crippen MR) is 163 cm³/mol. The largest absolute Gasteiger partial charge is 0.395 e. The summed E-state index contributed by atoms with van der Waals surface area (Å²) in [5.41, 5.74) is 9.48. The van der Waals surface area contributed by atoms with Crippen molar-refractivity contribution in [2.45, 2.75) is 13.0 Å². The molecule has 13 heteroatoms. The molecule has 6 rings (SSSR count). The van der Waals surface area contributed by atoms with Crippen molar-refractivity contribution >= 4 is 28.4 Å². The molecule has 1 aromatic carbocycles. The van der Waals surface area contributed by atoms with Crippen LogP contribution in [0.4, 0.5) is 11.6 Å². The van der Waals surface area contributed by atoms with Crippen molar-refractivity contribution in [1.82, 2.24) is 44.9 Å². The molecule has 1 unspecified atom stereocenters. The summed E-state index contributed by atoms with van der Waals surface area (Å²) >= 11 is 0. The summed E-state index contributed by atoms with van der Waals surface area (Å²) in [7, 11) is 1.82. The van der Waals surface area contributed by atoms with Gasteiger partial charge >= 0.3 is 0 Å². The number of β-amino-alcohol motifs (C(OH)–C–C–N with tert-alkyl or cyclic N) is 1. The molecule has 0 radical (unpaired) electrons. The molecule has 4 N–H and O–H groups in total. The summed E-state index contributed by atoms with van der Waals surface area (Å²) in [6.45, 7) is 5.90. The van der Waals surface area contributed by atoms with Crippen molar-refractivity contribution in [1.29, 1.82) is 0 Å². The van der Waals surface area contributed by atoms with Crippen molar-refractivity contribution < 1.29 is 9.90 Å². The van der Waals surface area contributed by atoms with Crippen LogP contribution < -0.4 is 16.0 Å². The van der Waals surface area contributed by atoms with Crippen molar-refractivity contribution in [3.63, 3.8) is 0 Å². The van der Waals surface area contributed by atoms with Crippen molar-refractivity contribution in [2.75, 3.05) is 50.0 Å². The Morgan fingerprint density at radius 2 is 1.86 bits per heavy atom. The Morgan fingerprint density at radius 3 is 2.63 bits per heavy atom. The van der Waals surface area contributed by atoms with E-state index in [1.165, 1.54) is 0 Å². The molecule has 5 aromatic rings. The number of amides is 1. The molecular weight excluding hydrogens is 546 g/mol. The van der Waals surface area contributed by atoms with Gasteiger partial charge in [0.05, 0.1) is 23.9 Å². The number of nitrogens with two attached hydrogens (primary N) is 1. The number of aryl methyl sites for hydroxylation is 1. The number of carbonyl (C=O) groups is 1. The molecule has 1 fully saturated rings. The van der Waals surface area contributed by atoms with Gasteiger partial charge in [0, 0.05) is 69.3 Å². The number of nitrogens with zero attached hydrogens (tertiary/aromatic N) is 9. The Morgan fingerprint density at radius 1 is 1.02 bits per heavy atom. The molecule has 1 aliphatic rings. The standard InChI is InChI=1S/C30H33N11O2/c1-19(29-33-10-7-24(35-29)41-14-12-40(13-15-41)16-17-42)34-30(43)27-28(31)37-26(23-8-11-39(2)38-23)25(36-27)21-5-6-22-20(18-21)4-3-9-32-22/h3-11,18-19,42H,12-17H2,1-2H3,(H2,31,37)(H,34,43). The van der Waals surface area contributed by atoms with E-state index in [-0.39, 0.29) is 18.1 Å². The zero-order valence-corrected chi connectivity index (χ0v) is 24.1. The normalized spacial score (nSPS) is 14.6. The number of nitrogen functional groups attached to an aromatic ring is 1. The third kappa shape index (κ3) is 5.98. The molecule has 220 valence electrons. The number of hydrogen-bond donors (Lipinski definition) is 3. The minimum Gasteiger partial charge on any atom is -0.395 e. The minimum absolute atomic E-state index is 0.00368. The van der Waals surface area contributed by atoms with E-state index in [2.05, 4.69) is 35.2 Å². The molecule has 1 saturated heterocycles. The lowest BCUT2D eigenvalue weighted by atomic mass is 10.0. The van der Waals surface area contributed by atoms with Gasteiger partial charge in [0.1, 0.15) is 17.2 Å². The van der Waals surface area contributed by atoms with Gasteiger partial charge in [0.2, 0.25) is 0 Å². The number of piperazine rings is 1. The second-order valence-electron chi connectivity index (χ2n) is 10.5. The lowest BCUT2D eigenvalue weighted by Gasteiger charge is -2.35. The van der Waals surface area contributed by atoms with Crippen molar-refractivity contribution in [3.8, 4) is 22.6 Å². The first-order valence-electron chi connectivity index (χ1n) is 14.1. The fourth-order valence-electron chi connectivity index (χ4n) is 5.18. The summed E-state index contributed by atoms with van der Waals surface area (Å²) in [5.74, 6) is 0.775. The maximum atomic E-state index is 13.6. The molecule has 0 spiro atoms. The first-order valence-corrected chi connectivity index (χ1v) is 14.1. The quantitative estimate of drug-likeness (QED) is 0.246. The second-order valence-corrected chi connectivity index (χ2v) is 10.5. The Kier molecular flexibility index (Phi) is 7.90. The summed E-state index contributed by atoms with van der Waals surface area (Å²) in [5, 5.41) is 17.6. The van der Waals surface area contributed by atoms with Crippen LogP contribution in [0.3, 0.4) is 0 Å². The van der Waals surface area contributed by atoms with Crippen LogP contribution in [-0.2, 0) is 7.05 Å². The molecular formula is C30H33N11O2. The van der Waals surface area contributed by atoms with Gasteiger partial charge in [-0.05, 0) is 37.3 Å². The number of aromatic nitrogens is 7. The molecule has 0 aliphatic carbocycles. The van der Waals surface area contributed by atoms with E-state index < -0.39 is 11.9 Å². The molecule has 0 saturated carbocycles. The van der Waals surface area contributed by atoms with Gasteiger partial charge in [-0.25, -0.2) is 19.9 Å². The van der Waals surface area contributed by atoms with Gasteiger partial charge in [0.25, 0.3) is 5.91 Å². The van der Waals surface area contributed by atoms with Crippen molar-refractivity contribution in [3.05, 3.63) is 72.6 Å². The second kappa shape index (κ2) is 12.1. The van der Waals surface area contributed by atoms with E-state index in [9.17, 15) is 9.90 Å². The molecule has 43 heavy (non-hydrogen) atoms. The third-order valence-electron chi connectivity index (χ3n) is 7.48. The van der Waals surface area contributed by atoms with E-state index in [1.807, 2.05) is 62.6 Å². The topological polar surface area (TPSA) is 164 Å². The highest BCUT2D eigenvalue weighted by molar-refractivity contribution is 5.98. The average Bonchev–Trinajstić information content (AvgIpc) is 3.47. The zero-order chi connectivity index (χ0) is 29.9. The van der Waals surface area contributed by atoms with Crippen LogP contribution in [0.25, 0.3) is 33.5 Å². The molecule has 1 atom stereocenters. The third-order valence-corrected chi connectivity index (χ3v) is 7.48. The average molecular weight is 580 g/mol. The van der Waals surface area contributed by atoms with E-state index >= 15 is 0 Å². The fourth-order valence-corrected chi connectivity index (χ4v) is 5.18. The van der Waals surface area contributed by atoms with Gasteiger partial charge in [-0.2, -0.15) is 5.10 Å². The maximum Gasteiger partial charge on any atom is 0.274 e. The van der Waals surface area contributed by atoms with Gasteiger partial charge in [0.15, 0.2) is 17.3 Å². The Hall–Kier alpha value is -5.01. The van der Waals surface area contributed by atoms with E-state index in [0.29, 0.717) is 29.5 Å². The minimum atomic E-state index is -0.519. The number of nitrogens with one attached hydrogen (secondary N) is 1. The number of pyridine rings is 1. The van der Waals surface area contributed by atoms with Crippen LogP contribution in [0.5, 0.6) is 0 Å². The van der Waals surface area contributed by atoms with Crippen LogP contribution >= 0.6 is 0 Å². The number of aliphatic hydroxyl groups excluding tert-OH is 1. The Labute approximate surface area is 248 Å². The number of rotatable bonds is 8. The molecule has 1 amide bonds. The summed E-state index contributed by atoms with van der Waals surface area (Å²) in [6.07, 6.45) is 5.25. The smallest absolute Gasteiger partial charge is 0.274 e. The molecule has 5 heterocycles. The molecule has 13 nitrogen and oxygen atoms in total. The van der Waals surface area contributed by atoms with Crippen LogP contribution in [0.2, 0.25) is 0 Å². The van der Waals surface area contributed by atoms with Crippen LogP contribution in [0.15, 0.2) is 61.1 Å². The summed E-state index contributed by atoms with van der Waals surface area (Å²) in [6, 6.07) is 12.8. The Balaban J connectivity index is 1.28. The van der Waals surface area contributed by atoms with E-state index in [0.717, 1.165) is 48.5 Å². The number of carbonyl (C=O) groups excluding carboxylic acids is 1. The predicted octanol–water partition coefficient (Wildman–Crippen LogP) is 2.07. The van der Waals surface area contributed by atoms with Crippen molar-refractivity contribution in [2.24, 2.45) is 7.05 Å². The monoisotopic (exact) mass is 579 g/mol. The number of aliphatic hydroxyl groups is 1. The maximum absolute atomic E-state index is 13.6. The van der Waals surface area contributed by atoms with E-state index in [4.69, 9.17) is 15.7 Å². The fraction of sp³-hybridized carbons (Fsp3) is 0.300. The highest BCUT2D eigenvalue weighted by Crippen LogP contribution is 2.31. The van der Waals surface area contributed by atoms with Gasteiger partial charge < -0.3 is 21.1 Å². The lowest BCUT2D eigenvalue weighted by Crippen LogP contribution is -2.47. The SMILES string of the molecule is CC(NC(=O)c1nc(-c2ccc3ncccc3c2)c(-c2ccn(C)n2)nc1N)c1nccc(N2CCN(CCO)CC2)n1. The highest BCUT2D eigenvalue weighted by Gasteiger charge is 2.24. The van der Waals surface area contributed by atoms with E-state index in [1.54, 1.807) is 17.1 Å². The number of fused-ring (bicyclic) bond motifs is 1. The Bertz CT molecular complexity index is 1760. The van der Waals surface area contributed by atoms with Gasteiger partial charge in [-0.3, -0.25) is 19.4 Å². The van der Waals surface area contributed by atoms with Crippen LogP contribution in [0.1, 0.15) is 29.3 Å². The first-order chi connectivity index (χ1) is 20.9. The zero-order valence-electron chi connectivity index (χ0n) is 24.1. The van der Waals surface area contributed by atoms with Gasteiger partial charge in [-0.15, -0.1) is 0 Å². The summed E-state index contributed by atoms with van der Waals surface area (Å²) < 4.78 is 1.67. The highest BCUT2D eigenvalue weighted by atomic mass is 16.3.